The van der Waals surface area contributed by atoms with Crippen LogP contribution in [0.4, 0.5) is 4.39 Å². The van der Waals surface area contributed by atoms with Gasteiger partial charge < -0.3 is 5.73 Å². The second-order valence-electron chi connectivity index (χ2n) is 1.99. The lowest BCUT2D eigenvalue weighted by Gasteiger charge is -1.96. The van der Waals surface area contributed by atoms with E-state index in [1.807, 2.05) is 0 Å². The minimum atomic E-state index is -0.283. The van der Waals surface area contributed by atoms with Crippen molar-refractivity contribution in [1.29, 1.82) is 0 Å². The Morgan fingerprint density at radius 1 is 1.55 bits per heavy atom. The molecular weight excluding hydrogens is 209 g/mol. The minimum Gasteiger partial charge on any atom is -0.405 e. The molecule has 0 atom stereocenters. The van der Waals surface area contributed by atoms with E-state index in [-0.39, 0.29) is 5.83 Å². The van der Waals surface area contributed by atoms with Crippen LogP contribution < -0.4 is 5.73 Å². The molecule has 0 spiro atoms. The highest BCUT2D eigenvalue weighted by atomic mass is 79.9. The largest absolute Gasteiger partial charge is 0.405 e. The lowest BCUT2D eigenvalue weighted by atomic mass is 10.2. The van der Waals surface area contributed by atoms with Crippen molar-refractivity contribution in [3.05, 3.63) is 34.2 Å². The van der Waals surface area contributed by atoms with E-state index >= 15 is 0 Å². The lowest BCUT2D eigenvalue weighted by Crippen LogP contribution is -1.82. The molecule has 0 aliphatic rings. The molecular formula is C8H11BrFN. The van der Waals surface area contributed by atoms with Gasteiger partial charge in [-0.2, -0.15) is 0 Å². The molecule has 3 heteroatoms. The first-order valence-electron chi connectivity index (χ1n) is 3.20. The van der Waals surface area contributed by atoms with Gasteiger partial charge in [0, 0.05) is 4.48 Å². The summed E-state index contributed by atoms with van der Waals surface area (Å²) in [5, 5.41) is 0. The zero-order chi connectivity index (χ0) is 8.85. The molecule has 62 valence electrons. The minimum absolute atomic E-state index is 0.283. The summed E-state index contributed by atoms with van der Waals surface area (Å²) < 4.78 is 13.5. The van der Waals surface area contributed by atoms with Crippen molar-refractivity contribution in [2.24, 2.45) is 5.73 Å². The van der Waals surface area contributed by atoms with Gasteiger partial charge in [0.05, 0.1) is 0 Å². The maximum atomic E-state index is 13.0. The van der Waals surface area contributed by atoms with E-state index in [9.17, 15) is 4.39 Å². The molecule has 0 saturated carbocycles. The number of hydrogen-bond donors (Lipinski definition) is 1. The second kappa shape index (κ2) is 5.13. The Bertz CT molecular complexity index is 216. The summed E-state index contributed by atoms with van der Waals surface area (Å²) in [6.45, 7) is 3.41. The highest BCUT2D eigenvalue weighted by molar-refractivity contribution is 9.11. The molecule has 0 fully saturated rings. The zero-order valence-electron chi connectivity index (χ0n) is 6.57. The van der Waals surface area contributed by atoms with E-state index in [1.54, 1.807) is 19.9 Å². The van der Waals surface area contributed by atoms with E-state index in [0.29, 0.717) is 10.1 Å². The van der Waals surface area contributed by atoms with Crippen LogP contribution in [0.1, 0.15) is 13.8 Å². The Morgan fingerprint density at radius 2 is 2.09 bits per heavy atom. The fourth-order valence-corrected chi connectivity index (χ4v) is 0.845. The maximum absolute atomic E-state index is 13.0. The lowest BCUT2D eigenvalue weighted by molar-refractivity contribution is 0.655. The van der Waals surface area contributed by atoms with Crippen LogP contribution in [0.15, 0.2) is 34.2 Å². The van der Waals surface area contributed by atoms with Crippen LogP contribution in [0, 0.1) is 0 Å². The van der Waals surface area contributed by atoms with E-state index in [0.717, 1.165) is 0 Å². The Balaban J connectivity index is 4.66. The van der Waals surface area contributed by atoms with E-state index < -0.39 is 0 Å². The molecule has 0 aliphatic carbocycles. The van der Waals surface area contributed by atoms with Crippen LogP contribution in [0.3, 0.4) is 0 Å². The van der Waals surface area contributed by atoms with E-state index in [2.05, 4.69) is 15.9 Å². The third-order valence-corrected chi connectivity index (χ3v) is 1.96. The molecule has 0 rings (SSSR count). The van der Waals surface area contributed by atoms with Crippen molar-refractivity contribution in [2.45, 2.75) is 13.8 Å². The van der Waals surface area contributed by atoms with Crippen molar-refractivity contribution in [1.82, 2.24) is 0 Å². The van der Waals surface area contributed by atoms with Gasteiger partial charge in [-0.15, -0.1) is 0 Å². The first-order valence-corrected chi connectivity index (χ1v) is 3.99. The molecule has 0 aromatic heterocycles. The van der Waals surface area contributed by atoms with Gasteiger partial charge in [0.25, 0.3) is 0 Å². The van der Waals surface area contributed by atoms with Gasteiger partial charge >= 0.3 is 0 Å². The third-order valence-electron chi connectivity index (χ3n) is 1.16. The average molecular weight is 220 g/mol. The summed E-state index contributed by atoms with van der Waals surface area (Å²) in [4.78, 5) is 0. The second-order valence-corrected chi connectivity index (χ2v) is 2.85. The standard InChI is InChI=1S/C8H11BrFN/c1-3-7(9)8(10)6(2)4-5-11/h3-5H,11H2,1-2H3/b5-4-,7-3+,8-6+. The summed E-state index contributed by atoms with van der Waals surface area (Å²) in [6.07, 6.45) is 4.47. The predicted molar refractivity (Wildman–Crippen MR) is 49.8 cm³/mol. The number of nitrogens with two attached hydrogens (primary N) is 1. The van der Waals surface area contributed by atoms with Gasteiger partial charge in [0.2, 0.25) is 0 Å². The Labute approximate surface area is 74.6 Å². The van der Waals surface area contributed by atoms with Crippen molar-refractivity contribution < 1.29 is 4.39 Å². The highest BCUT2D eigenvalue weighted by Crippen LogP contribution is 2.21. The number of allylic oxidation sites excluding steroid dienone is 5. The van der Waals surface area contributed by atoms with Gasteiger partial charge in [-0.1, -0.05) is 6.08 Å². The fraction of sp³-hybridized carbons (Fsp3) is 0.250. The van der Waals surface area contributed by atoms with E-state index in [1.165, 1.54) is 12.3 Å². The van der Waals surface area contributed by atoms with Gasteiger partial charge in [-0.3, -0.25) is 0 Å². The topological polar surface area (TPSA) is 26.0 Å². The summed E-state index contributed by atoms with van der Waals surface area (Å²) >= 11 is 3.07. The maximum Gasteiger partial charge on any atom is 0.139 e. The first kappa shape index (κ1) is 10.4. The molecule has 1 nitrogen and oxygen atoms in total. The Kier molecular flexibility index (Phi) is 4.86. The number of hydrogen-bond acceptors (Lipinski definition) is 1. The third kappa shape index (κ3) is 3.37. The predicted octanol–water partition coefficient (Wildman–Crippen LogP) is 3.00. The average Bonchev–Trinajstić information content (AvgIpc) is 2.02. The first-order chi connectivity index (χ1) is 5.13. The fourth-order valence-electron chi connectivity index (χ4n) is 0.533. The van der Waals surface area contributed by atoms with E-state index in [4.69, 9.17) is 5.73 Å². The highest BCUT2D eigenvalue weighted by Gasteiger charge is 2.00. The Morgan fingerprint density at radius 3 is 2.45 bits per heavy atom. The normalized spacial score (nSPS) is 15.5. The molecule has 0 aliphatic heterocycles. The van der Waals surface area contributed by atoms with Crippen LogP contribution in [0.5, 0.6) is 0 Å². The van der Waals surface area contributed by atoms with Crippen molar-refractivity contribution in [2.75, 3.05) is 0 Å². The number of halogens is 2. The monoisotopic (exact) mass is 219 g/mol. The molecule has 0 aromatic rings. The quantitative estimate of drug-likeness (QED) is 0.711. The molecule has 0 bridgehead atoms. The van der Waals surface area contributed by atoms with Crippen molar-refractivity contribution in [3.63, 3.8) is 0 Å². The van der Waals surface area contributed by atoms with Gasteiger partial charge in [-0.05, 0) is 47.6 Å². The van der Waals surface area contributed by atoms with Gasteiger partial charge in [-0.25, -0.2) is 4.39 Å². The van der Waals surface area contributed by atoms with Crippen LogP contribution in [-0.4, -0.2) is 0 Å². The van der Waals surface area contributed by atoms with Crippen molar-refractivity contribution >= 4 is 15.9 Å². The molecule has 0 unspecified atom stereocenters. The van der Waals surface area contributed by atoms with Crippen LogP contribution in [0.2, 0.25) is 0 Å². The summed E-state index contributed by atoms with van der Waals surface area (Å²) in [5.74, 6) is -0.283. The molecule has 0 saturated heterocycles. The molecule has 0 aromatic carbocycles. The molecule has 0 amide bonds. The summed E-state index contributed by atoms with van der Waals surface area (Å²) in [5.41, 5.74) is 5.60. The smallest absolute Gasteiger partial charge is 0.139 e. The summed E-state index contributed by atoms with van der Waals surface area (Å²) in [7, 11) is 0. The Hall–Kier alpha value is -0.570. The molecule has 11 heavy (non-hydrogen) atoms. The molecule has 0 radical (unpaired) electrons. The summed E-state index contributed by atoms with van der Waals surface area (Å²) in [6, 6.07) is 0. The van der Waals surface area contributed by atoms with Crippen molar-refractivity contribution in [3.8, 4) is 0 Å². The SMILES string of the molecule is C\C=C(Br)/C(F)=C(C)\C=C/N. The molecule has 2 N–H and O–H groups in total. The van der Waals surface area contributed by atoms with Gasteiger partial charge in [0.15, 0.2) is 0 Å². The van der Waals surface area contributed by atoms with Crippen LogP contribution in [-0.2, 0) is 0 Å². The van der Waals surface area contributed by atoms with Crippen LogP contribution in [0.25, 0.3) is 0 Å². The zero-order valence-corrected chi connectivity index (χ0v) is 8.15. The number of rotatable bonds is 2. The molecule has 0 heterocycles. The van der Waals surface area contributed by atoms with Crippen LogP contribution >= 0.6 is 15.9 Å². The van der Waals surface area contributed by atoms with Gasteiger partial charge in [0.1, 0.15) is 5.83 Å².